The van der Waals surface area contributed by atoms with E-state index in [1.165, 1.54) is 4.47 Å². The van der Waals surface area contributed by atoms with E-state index in [0.717, 1.165) is 11.4 Å². The normalized spacial score (nSPS) is 24.6. The van der Waals surface area contributed by atoms with Crippen molar-refractivity contribution in [2.75, 3.05) is 5.88 Å². The van der Waals surface area contributed by atoms with E-state index in [1.807, 2.05) is 18.3 Å². The van der Waals surface area contributed by atoms with Crippen LogP contribution in [0.5, 0.6) is 0 Å². The van der Waals surface area contributed by atoms with E-state index in [2.05, 4.69) is 17.8 Å². The van der Waals surface area contributed by atoms with Crippen molar-refractivity contribution < 1.29 is 4.84 Å². The number of hydrogen-bond acceptors (Lipinski definition) is 5. The Balaban J connectivity index is 2.11. The molecule has 1 atom stereocenters. The van der Waals surface area contributed by atoms with Crippen LogP contribution in [0, 0.1) is 0 Å². The van der Waals surface area contributed by atoms with Gasteiger partial charge in [0.05, 0.1) is 5.88 Å². The molecule has 12 heavy (non-hydrogen) atoms. The molecular formula is C7H8N2OS2. The molecule has 1 unspecified atom stereocenters. The summed E-state index contributed by atoms with van der Waals surface area (Å²) in [4.78, 5) is 9.39. The van der Waals surface area contributed by atoms with Gasteiger partial charge in [0.15, 0.2) is 5.44 Å². The molecule has 1 aliphatic rings. The number of rotatable bonds is 1. The molecule has 0 bridgehead atoms. The molecule has 1 aromatic heterocycles. The molecule has 2 rings (SSSR count). The summed E-state index contributed by atoms with van der Waals surface area (Å²) in [5, 5.41) is 0. The van der Waals surface area contributed by atoms with Crippen LogP contribution in [0.4, 0.5) is 0 Å². The highest BCUT2D eigenvalue weighted by molar-refractivity contribution is 8.00. The zero-order valence-electron chi connectivity index (χ0n) is 6.25. The van der Waals surface area contributed by atoms with Gasteiger partial charge < -0.3 is 0 Å². The number of aromatic nitrogens is 1. The van der Waals surface area contributed by atoms with Gasteiger partial charge in [0, 0.05) is 18.0 Å². The predicted molar refractivity (Wildman–Crippen MR) is 51.3 cm³/mol. The summed E-state index contributed by atoms with van der Waals surface area (Å²) < 4.78 is 1.53. The fourth-order valence-electron chi connectivity index (χ4n) is 0.975. The highest BCUT2D eigenvalue weighted by Crippen LogP contribution is 2.37. The lowest BCUT2D eigenvalue weighted by molar-refractivity contribution is -0.0581. The largest absolute Gasteiger partial charge is 0.269 e. The molecule has 0 aliphatic carbocycles. The van der Waals surface area contributed by atoms with E-state index >= 15 is 0 Å². The monoisotopic (exact) mass is 200 g/mol. The lowest BCUT2D eigenvalue weighted by Crippen LogP contribution is -2.03. The maximum Gasteiger partial charge on any atom is 0.154 e. The first-order valence-corrected chi connectivity index (χ1v) is 4.96. The zero-order valence-corrected chi connectivity index (χ0v) is 7.96. The average Bonchev–Trinajstić information content (AvgIpc) is 2.54. The molecule has 0 aromatic carbocycles. The number of thiol groups is 1. The summed E-state index contributed by atoms with van der Waals surface area (Å²) >= 11 is 5.76. The minimum absolute atomic E-state index is 0.0520. The smallest absolute Gasteiger partial charge is 0.154 e. The fourth-order valence-corrected chi connectivity index (χ4v) is 2.15. The molecule has 1 aliphatic heterocycles. The lowest BCUT2D eigenvalue weighted by Gasteiger charge is -2.08. The number of hydrogen-bond donors (Lipinski definition) is 1. The van der Waals surface area contributed by atoms with Gasteiger partial charge in [-0.05, 0) is 6.07 Å². The van der Waals surface area contributed by atoms with Crippen LogP contribution >= 0.6 is 24.6 Å². The fraction of sp³-hybridized carbons (Fsp3) is 0.286. The molecule has 1 saturated heterocycles. The van der Waals surface area contributed by atoms with Gasteiger partial charge in [-0.25, -0.2) is 0 Å². The molecule has 0 radical (unpaired) electrons. The first-order chi connectivity index (χ1) is 5.86. The number of nitrogens with zero attached hydrogens (tertiary/aromatic N) is 2. The molecule has 0 amide bonds. The predicted octanol–water partition coefficient (Wildman–Crippen LogP) is 1.86. The second-order valence-corrected chi connectivity index (χ2v) is 3.84. The molecule has 0 N–H and O–H groups in total. The van der Waals surface area contributed by atoms with Crippen molar-refractivity contribution in [3.05, 3.63) is 30.1 Å². The molecule has 2 heterocycles. The van der Waals surface area contributed by atoms with E-state index in [0.29, 0.717) is 0 Å². The Hall–Kier alpha value is -0.230. The lowest BCUT2D eigenvalue weighted by atomic mass is 10.3. The summed E-state index contributed by atoms with van der Waals surface area (Å²) in [5.74, 6) is 0.780. The third-order valence-electron chi connectivity index (χ3n) is 1.51. The first kappa shape index (κ1) is 8.37. The highest BCUT2D eigenvalue weighted by atomic mass is 32.2. The van der Waals surface area contributed by atoms with Crippen LogP contribution in [0.15, 0.2) is 24.5 Å². The van der Waals surface area contributed by atoms with Gasteiger partial charge in [-0.2, -0.15) is 0 Å². The standard InChI is InChI=1S/C7H8N2OS2/c11-9-5-12-7(10-9)6-2-1-3-8-4-6/h1-4,7,11H,5H2. The highest BCUT2D eigenvalue weighted by Gasteiger charge is 2.23. The van der Waals surface area contributed by atoms with Crippen molar-refractivity contribution in [3.8, 4) is 0 Å². The van der Waals surface area contributed by atoms with Crippen molar-refractivity contribution in [1.29, 1.82) is 0 Å². The van der Waals surface area contributed by atoms with Gasteiger partial charge in [0.2, 0.25) is 0 Å². The van der Waals surface area contributed by atoms with E-state index < -0.39 is 0 Å². The first-order valence-electron chi connectivity index (χ1n) is 3.51. The van der Waals surface area contributed by atoms with E-state index in [1.54, 1.807) is 18.0 Å². The van der Waals surface area contributed by atoms with E-state index in [-0.39, 0.29) is 5.44 Å². The SMILES string of the molecule is SN1CSC(c2cccnc2)O1. The Bertz CT molecular complexity index is 257. The molecule has 5 heteroatoms. The van der Waals surface area contributed by atoms with Gasteiger partial charge >= 0.3 is 0 Å². The Kier molecular flexibility index (Phi) is 2.55. The third-order valence-corrected chi connectivity index (χ3v) is 2.98. The molecular weight excluding hydrogens is 192 g/mol. The minimum atomic E-state index is 0.0520. The van der Waals surface area contributed by atoms with Crippen LogP contribution in [0.3, 0.4) is 0 Å². The third kappa shape index (κ3) is 1.74. The summed E-state index contributed by atoms with van der Waals surface area (Å²) in [6, 6.07) is 3.90. The van der Waals surface area contributed by atoms with Crippen molar-refractivity contribution in [3.63, 3.8) is 0 Å². The van der Waals surface area contributed by atoms with Crippen LogP contribution in [0.25, 0.3) is 0 Å². The molecule has 0 saturated carbocycles. The molecule has 1 aromatic rings. The number of thioether (sulfide) groups is 1. The van der Waals surface area contributed by atoms with E-state index in [9.17, 15) is 0 Å². The Morgan fingerprint density at radius 1 is 1.75 bits per heavy atom. The number of pyridine rings is 1. The van der Waals surface area contributed by atoms with Crippen LogP contribution in [0.1, 0.15) is 11.0 Å². The van der Waals surface area contributed by atoms with Gasteiger partial charge in [-0.3, -0.25) is 9.82 Å². The van der Waals surface area contributed by atoms with Gasteiger partial charge in [0.1, 0.15) is 0 Å². The average molecular weight is 200 g/mol. The summed E-state index contributed by atoms with van der Waals surface area (Å²) in [6.45, 7) is 0. The van der Waals surface area contributed by atoms with Gasteiger partial charge in [-0.1, -0.05) is 18.9 Å². The van der Waals surface area contributed by atoms with Crippen molar-refractivity contribution in [1.82, 2.24) is 9.45 Å². The minimum Gasteiger partial charge on any atom is -0.269 e. The van der Waals surface area contributed by atoms with Crippen LogP contribution in [0.2, 0.25) is 0 Å². The Labute approximate surface area is 80.6 Å². The zero-order chi connectivity index (χ0) is 8.39. The maximum atomic E-state index is 5.37. The van der Waals surface area contributed by atoms with Crippen molar-refractivity contribution >= 4 is 24.6 Å². The Morgan fingerprint density at radius 3 is 3.25 bits per heavy atom. The van der Waals surface area contributed by atoms with Crippen molar-refractivity contribution in [2.45, 2.75) is 5.44 Å². The van der Waals surface area contributed by atoms with Gasteiger partial charge in [-0.15, -0.1) is 16.2 Å². The van der Waals surface area contributed by atoms with Crippen LogP contribution in [-0.4, -0.2) is 15.3 Å². The van der Waals surface area contributed by atoms with Gasteiger partial charge in [0.25, 0.3) is 0 Å². The topological polar surface area (TPSA) is 25.4 Å². The molecule has 64 valence electrons. The maximum absolute atomic E-state index is 5.37. The second kappa shape index (κ2) is 3.66. The Morgan fingerprint density at radius 2 is 2.67 bits per heavy atom. The van der Waals surface area contributed by atoms with Crippen LogP contribution < -0.4 is 0 Å². The van der Waals surface area contributed by atoms with E-state index in [4.69, 9.17) is 4.84 Å². The molecule has 3 nitrogen and oxygen atoms in total. The van der Waals surface area contributed by atoms with Crippen molar-refractivity contribution in [2.24, 2.45) is 0 Å². The van der Waals surface area contributed by atoms with Crippen LogP contribution in [-0.2, 0) is 4.84 Å². The number of hydroxylamine groups is 1. The summed E-state index contributed by atoms with van der Waals surface area (Å²) in [5.41, 5.74) is 1.13. The molecule has 0 spiro atoms. The molecule has 1 fully saturated rings. The summed E-state index contributed by atoms with van der Waals surface area (Å²) in [6.07, 6.45) is 3.56. The quantitative estimate of drug-likeness (QED) is 0.700. The second-order valence-electron chi connectivity index (χ2n) is 2.37. The summed E-state index contributed by atoms with van der Waals surface area (Å²) in [7, 11) is 0.